The molecule has 0 aromatic carbocycles. The molecule has 0 spiro atoms. The fourth-order valence-corrected chi connectivity index (χ4v) is 4.76. The SMILES string of the molecule is Cc1cc(C(Br)c2ccc(Cl)s2)sc1Br. The monoisotopic (exact) mass is 384 g/mol. The Bertz CT molecular complexity index is 456. The zero-order chi connectivity index (χ0) is 11.0. The number of thiophene rings is 2. The highest BCUT2D eigenvalue weighted by Gasteiger charge is 2.15. The summed E-state index contributed by atoms with van der Waals surface area (Å²) in [5.41, 5.74) is 1.28. The number of alkyl halides is 1. The Hall–Kier alpha value is 0.650. The van der Waals surface area contributed by atoms with Crippen LogP contribution < -0.4 is 0 Å². The summed E-state index contributed by atoms with van der Waals surface area (Å²) < 4.78 is 2.03. The van der Waals surface area contributed by atoms with Crippen LogP contribution in [0.15, 0.2) is 22.0 Å². The van der Waals surface area contributed by atoms with Crippen molar-refractivity contribution >= 4 is 66.1 Å². The van der Waals surface area contributed by atoms with Crippen LogP contribution in [0.1, 0.15) is 20.1 Å². The molecular formula is C10H7Br2ClS2. The number of rotatable bonds is 2. The maximum Gasteiger partial charge on any atom is 0.0931 e. The summed E-state index contributed by atoms with van der Waals surface area (Å²) >= 11 is 16.5. The van der Waals surface area contributed by atoms with Crippen LogP contribution in [0, 0.1) is 6.92 Å². The zero-order valence-corrected chi connectivity index (χ0v) is 13.3. The topological polar surface area (TPSA) is 0 Å². The van der Waals surface area contributed by atoms with Crippen LogP contribution in [0.25, 0.3) is 0 Å². The second-order valence-electron chi connectivity index (χ2n) is 3.11. The summed E-state index contributed by atoms with van der Waals surface area (Å²) in [7, 11) is 0. The zero-order valence-electron chi connectivity index (χ0n) is 7.76. The first kappa shape index (κ1) is 12.1. The van der Waals surface area contributed by atoms with E-state index in [2.05, 4.69) is 50.9 Å². The van der Waals surface area contributed by atoms with Crippen LogP contribution in [-0.2, 0) is 0 Å². The van der Waals surface area contributed by atoms with Gasteiger partial charge < -0.3 is 0 Å². The van der Waals surface area contributed by atoms with E-state index in [1.54, 1.807) is 22.7 Å². The maximum absolute atomic E-state index is 5.92. The summed E-state index contributed by atoms with van der Waals surface area (Å²) in [4.78, 5) is 2.80. The smallest absolute Gasteiger partial charge is 0.0931 e. The lowest BCUT2D eigenvalue weighted by molar-refractivity contribution is 1.28. The van der Waals surface area contributed by atoms with Crippen molar-refractivity contribution in [3.8, 4) is 0 Å². The van der Waals surface area contributed by atoms with Gasteiger partial charge >= 0.3 is 0 Å². The summed E-state index contributed by atoms with van der Waals surface area (Å²) in [5, 5.41) is 0. The molecule has 0 bridgehead atoms. The van der Waals surface area contributed by atoms with Crippen LogP contribution in [0.4, 0.5) is 0 Å². The van der Waals surface area contributed by atoms with Gasteiger partial charge in [-0.2, -0.15) is 0 Å². The highest BCUT2D eigenvalue weighted by molar-refractivity contribution is 9.11. The number of hydrogen-bond donors (Lipinski definition) is 0. The molecule has 0 aliphatic carbocycles. The Morgan fingerprint density at radius 1 is 1.27 bits per heavy atom. The minimum atomic E-state index is 0.255. The summed E-state index contributed by atoms with van der Waals surface area (Å²) in [5.74, 6) is 0. The van der Waals surface area contributed by atoms with Crippen LogP contribution in [0.5, 0.6) is 0 Å². The van der Waals surface area contributed by atoms with Crippen molar-refractivity contribution in [3.05, 3.63) is 41.6 Å². The van der Waals surface area contributed by atoms with E-state index in [1.165, 1.54) is 19.1 Å². The van der Waals surface area contributed by atoms with E-state index in [4.69, 9.17) is 11.6 Å². The average Bonchev–Trinajstić information content (AvgIpc) is 2.74. The third-order valence-electron chi connectivity index (χ3n) is 1.97. The van der Waals surface area contributed by atoms with Crippen LogP contribution in [-0.4, -0.2) is 0 Å². The minimum absolute atomic E-state index is 0.255. The van der Waals surface area contributed by atoms with Gasteiger partial charge in [0.2, 0.25) is 0 Å². The predicted molar refractivity (Wildman–Crippen MR) is 76.9 cm³/mol. The van der Waals surface area contributed by atoms with Crippen molar-refractivity contribution in [2.45, 2.75) is 11.8 Å². The quantitative estimate of drug-likeness (QED) is 0.554. The molecule has 2 heterocycles. The second kappa shape index (κ2) is 4.88. The molecule has 2 aromatic rings. The molecular weight excluding hydrogens is 380 g/mol. The molecule has 2 aromatic heterocycles. The van der Waals surface area contributed by atoms with Gasteiger partial charge in [-0.1, -0.05) is 27.5 Å². The molecule has 15 heavy (non-hydrogen) atoms. The molecule has 0 aliphatic heterocycles. The molecule has 0 aliphatic rings. The molecule has 0 amide bonds. The lowest BCUT2D eigenvalue weighted by Crippen LogP contribution is -1.83. The van der Waals surface area contributed by atoms with Crippen LogP contribution in [0.2, 0.25) is 4.34 Å². The molecule has 0 N–H and O–H groups in total. The molecule has 1 unspecified atom stereocenters. The van der Waals surface area contributed by atoms with E-state index in [9.17, 15) is 0 Å². The third kappa shape index (κ3) is 2.67. The molecule has 0 nitrogen and oxygen atoms in total. The number of halogens is 3. The Balaban J connectivity index is 2.31. The fraction of sp³-hybridized carbons (Fsp3) is 0.200. The molecule has 80 valence electrons. The first-order valence-electron chi connectivity index (χ1n) is 4.23. The first-order chi connectivity index (χ1) is 7.08. The summed E-state index contributed by atoms with van der Waals surface area (Å²) in [6, 6.07) is 6.20. The molecule has 0 saturated carbocycles. The van der Waals surface area contributed by atoms with Gasteiger partial charge in [0.05, 0.1) is 12.9 Å². The van der Waals surface area contributed by atoms with Gasteiger partial charge in [0.1, 0.15) is 0 Å². The van der Waals surface area contributed by atoms with Crippen molar-refractivity contribution in [1.29, 1.82) is 0 Å². The van der Waals surface area contributed by atoms with Gasteiger partial charge in [-0.05, 0) is 46.6 Å². The van der Waals surface area contributed by atoms with Gasteiger partial charge in [0.25, 0.3) is 0 Å². The third-order valence-corrected chi connectivity index (χ3v) is 7.06. The van der Waals surface area contributed by atoms with Gasteiger partial charge in [-0.3, -0.25) is 0 Å². The lowest BCUT2D eigenvalue weighted by atomic mass is 10.2. The van der Waals surface area contributed by atoms with Crippen molar-refractivity contribution in [1.82, 2.24) is 0 Å². The van der Waals surface area contributed by atoms with E-state index in [0.29, 0.717) is 0 Å². The molecule has 5 heteroatoms. The van der Waals surface area contributed by atoms with Crippen LogP contribution >= 0.6 is 66.1 Å². The normalized spacial score (nSPS) is 13.1. The van der Waals surface area contributed by atoms with Gasteiger partial charge in [0.15, 0.2) is 0 Å². The van der Waals surface area contributed by atoms with Crippen molar-refractivity contribution in [2.75, 3.05) is 0 Å². The lowest BCUT2D eigenvalue weighted by Gasteiger charge is -2.03. The molecule has 0 fully saturated rings. The van der Waals surface area contributed by atoms with Crippen molar-refractivity contribution in [3.63, 3.8) is 0 Å². The molecule has 0 radical (unpaired) electrons. The van der Waals surface area contributed by atoms with Crippen molar-refractivity contribution in [2.24, 2.45) is 0 Å². The summed E-state index contributed by atoms with van der Waals surface area (Å²) in [6.07, 6.45) is 0. The molecule has 1 atom stereocenters. The Morgan fingerprint density at radius 2 is 2.00 bits per heavy atom. The second-order valence-corrected chi connectivity index (χ2v) is 8.17. The Kier molecular flexibility index (Phi) is 3.94. The highest BCUT2D eigenvalue weighted by Crippen LogP contribution is 2.42. The van der Waals surface area contributed by atoms with E-state index >= 15 is 0 Å². The van der Waals surface area contributed by atoms with Crippen LogP contribution in [0.3, 0.4) is 0 Å². The number of hydrogen-bond acceptors (Lipinski definition) is 2. The Morgan fingerprint density at radius 3 is 2.47 bits per heavy atom. The van der Waals surface area contributed by atoms with E-state index in [1.807, 2.05) is 6.07 Å². The van der Waals surface area contributed by atoms with E-state index in [-0.39, 0.29) is 4.83 Å². The highest BCUT2D eigenvalue weighted by atomic mass is 79.9. The van der Waals surface area contributed by atoms with E-state index in [0.717, 1.165) is 4.34 Å². The van der Waals surface area contributed by atoms with E-state index < -0.39 is 0 Å². The molecule has 2 rings (SSSR count). The van der Waals surface area contributed by atoms with Gasteiger partial charge in [-0.15, -0.1) is 22.7 Å². The minimum Gasteiger partial charge on any atom is -0.131 e. The fourth-order valence-electron chi connectivity index (χ4n) is 1.21. The first-order valence-corrected chi connectivity index (χ1v) is 7.95. The standard InChI is InChI=1S/C10H7Br2ClS2/c1-5-4-7(15-10(5)12)9(11)6-2-3-8(13)14-6/h2-4,9H,1H3. The average molecular weight is 387 g/mol. The molecule has 0 saturated heterocycles. The predicted octanol–water partition coefficient (Wildman–Crippen LogP) is 6.02. The summed E-state index contributed by atoms with van der Waals surface area (Å²) in [6.45, 7) is 2.10. The number of aryl methyl sites for hydroxylation is 1. The maximum atomic E-state index is 5.92. The largest absolute Gasteiger partial charge is 0.131 e. The Labute approximate surface area is 119 Å². The van der Waals surface area contributed by atoms with Gasteiger partial charge in [0, 0.05) is 9.75 Å². The van der Waals surface area contributed by atoms with Crippen molar-refractivity contribution < 1.29 is 0 Å². The van der Waals surface area contributed by atoms with Gasteiger partial charge in [-0.25, -0.2) is 0 Å².